The molecule has 0 saturated carbocycles. The lowest BCUT2D eigenvalue weighted by Gasteiger charge is -2.17. The molecule has 0 aliphatic rings. The summed E-state index contributed by atoms with van der Waals surface area (Å²) in [6.07, 6.45) is 0.309. The molecule has 2 aromatic rings. The third-order valence-electron chi connectivity index (χ3n) is 3.45. The van der Waals surface area contributed by atoms with Crippen molar-refractivity contribution in [1.29, 1.82) is 0 Å². The highest BCUT2D eigenvalue weighted by molar-refractivity contribution is 9.10. The van der Waals surface area contributed by atoms with Gasteiger partial charge in [-0.3, -0.25) is 4.79 Å². The van der Waals surface area contributed by atoms with Crippen LogP contribution < -0.4 is 10.1 Å². The molecule has 0 spiro atoms. The Morgan fingerprint density at radius 3 is 2.54 bits per heavy atom. The summed E-state index contributed by atoms with van der Waals surface area (Å²) in [6, 6.07) is 13.5. The Hall–Kier alpha value is -2.34. The number of amides is 1. The number of nitrogens with one attached hydrogen (secondary N) is 1. The topological polar surface area (TPSA) is 64.6 Å². The molecule has 5 nitrogen and oxygen atoms in total. The maximum absolute atomic E-state index is 12.4. The summed E-state index contributed by atoms with van der Waals surface area (Å²) < 4.78 is 10.8. The van der Waals surface area contributed by atoms with E-state index in [0.717, 1.165) is 10.0 Å². The summed E-state index contributed by atoms with van der Waals surface area (Å²) in [6.45, 7) is 0. The molecule has 0 radical (unpaired) electrons. The van der Waals surface area contributed by atoms with E-state index in [9.17, 15) is 9.59 Å². The lowest BCUT2D eigenvalue weighted by molar-refractivity contribution is -0.142. The largest absolute Gasteiger partial charge is 0.497 e. The Morgan fingerprint density at radius 1 is 1.12 bits per heavy atom. The van der Waals surface area contributed by atoms with Crippen molar-refractivity contribution in [3.63, 3.8) is 0 Å². The van der Waals surface area contributed by atoms with E-state index < -0.39 is 12.0 Å². The van der Waals surface area contributed by atoms with Gasteiger partial charge in [0.2, 0.25) is 0 Å². The van der Waals surface area contributed by atoms with Crippen molar-refractivity contribution in [1.82, 2.24) is 5.32 Å². The fraction of sp³-hybridized carbons (Fsp3) is 0.222. The van der Waals surface area contributed by atoms with Gasteiger partial charge in [-0.1, -0.05) is 34.1 Å². The van der Waals surface area contributed by atoms with Gasteiger partial charge >= 0.3 is 5.97 Å². The van der Waals surface area contributed by atoms with Crippen LogP contribution in [0.15, 0.2) is 53.0 Å². The lowest BCUT2D eigenvalue weighted by atomic mass is 10.0. The van der Waals surface area contributed by atoms with E-state index in [0.29, 0.717) is 17.7 Å². The third-order valence-corrected chi connectivity index (χ3v) is 3.95. The molecule has 126 valence electrons. The van der Waals surface area contributed by atoms with Crippen LogP contribution in [0.1, 0.15) is 15.9 Å². The minimum Gasteiger partial charge on any atom is -0.497 e. The minimum atomic E-state index is -0.784. The van der Waals surface area contributed by atoms with Gasteiger partial charge in [0.1, 0.15) is 11.8 Å². The third kappa shape index (κ3) is 4.83. The molecule has 1 atom stereocenters. The molecule has 0 aliphatic heterocycles. The average Bonchev–Trinajstić information content (AvgIpc) is 2.60. The summed E-state index contributed by atoms with van der Waals surface area (Å²) in [7, 11) is 2.87. The number of benzene rings is 2. The number of methoxy groups -OCH3 is 2. The number of hydrogen-bond acceptors (Lipinski definition) is 4. The zero-order valence-corrected chi connectivity index (χ0v) is 15.0. The molecule has 0 unspecified atom stereocenters. The van der Waals surface area contributed by atoms with Crippen molar-refractivity contribution in [2.24, 2.45) is 0 Å². The Kier molecular flexibility index (Phi) is 6.37. The van der Waals surface area contributed by atoms with Crippen LogP contribution in [0, 0.1) is 0 Å². The van der Waals surface area contributed by atoms with Gasteiger partial charge in [-0.25, -0.2) is 4.79 Å². The highest BCUT2D eigenvalue weighted by Crippen LogP contribution is 2.15. The summed E-state index contributed by atoms with van der Waals surface area (Å²) in [4.78, 5) is 24.4. The highest BCUT2D eigenvalue weighted by Gasteiger charge is 2.23. The Labute approximate surface area is 149 Å². The molecule has 6 heteroatoms. The van der Waals surface area contributed by atoms with Crippen LogP contribution in [0.3, 0.4) is 0 Å². The van der Waals surface area contributed by atoms with Crippen LogP contribution in [0.4, 0.5) is 0 Å². The van der Waals surface area contributed by atoms with E-state index in [4.69, 9.17) is 9.47 Å². The second kappa shape index (κ2) is 8.49. The fourth-order valence-electron chi connectivity index (χ4n) is 2.24. The number of hydrogen-bond donors (Lipinski definition) is 1. The van der Waals surface area contributed by atoms with Crippen molar-refractivity contribution < 1.29 is 19.1 Å². The number of carbonyl (C=O) groups excluding carboxylic acids is 2. The Morgan fingerprint density at radius 2 is 1.88 bits per heavy atom. The molecule has 0 saturated heterocycles. The molecule has 0 heterocycles. The number of rotatable bonds is 6. The van der Waals surface area contributed by atoms with E-state index in [1.54, 1.807) is 25.3 Å². The van der Waals surface area contributed by atoms with E-state index >= 15 is 0 Å². The molecule has 0 bridgehead atoms. The Bertz CT molecular complexity index is 732. The number of ether oxygens (including phenoxy) is 2. The summed E-state index contributed by atoms with van der Waals surface area (Å²) in [5, 5.41) is 2.72. The second-order valence-corrected chi connectivity index (χ2v) is 6.03. The monoisotopic (exact) mass is 391 g/mol. The van der Waals surface area contributed by atoms with Crippen molar-refractivity contribution >= 4 is 27.8 Å². The average molecular weight is 392 g/mol. The zero-order valence-electron chi connectivity index (χ0n) is 13.4. The van der Waals surface area contributed by atoms with Crippen LogP contribution in [0.5, 0.6) is 5.75 Å². The van der Waals surface area contributed by atoms with E-state index in [-0.39, 0.29) is 5.91 Å². The van der Waals surface area contributed by atoms with Crippen LogP contribution in [-0.2, 0) is 16.0 Å². The molecule has 24 heavy (non-hydrogen) atoms. The maximum atomic E-state index is 12.4. The van der Waals surface area contributed by atoms with Gasteiger partial charge in [0, 0.05) is 16.5 Å². The van der Waals surface area contributed by atoms with Crippen LogP contribution in [0.2, 0.25) is 0 Å². The second-order valence-electron chi connectivity index (χ2n) is 5.12. The first-order valence-electron chi connectivity index (χ1n) is 7.30. The molecule has 1 N–H and O–H groups in total. The minimum absolute atomic E-state index is 0.309. The predicted molar refractivity (Wildman–Crippen MR) is 94.1 cm³/mol. The molecule has 0 fully saturated rings. The van der Waals surface area contributed by atoms with E-state index in [2.05, 4.69) is 21.2 Å². The molecule has 0 aliphatic carbocycles. The number of halogens is 1. The molecule has 2 aromatic carbocycles. The summed E-state index contributed by atoms with van der Waals surface area (Å²) in [5.41, 5.74) is 1.32. The van der Waals surface area contributed by atoms with Gasteiger partial charge < -0.3 is 14.8 Å². The Balaban J connectivity index is 2.16. The highest BCUT2D eigenvalue weighted by atomic mass is 79.9. The van der Waals surface area contributed by atoms with Crippen molar-refractivity contribution in [2.75, 3.05) is 14.2 Å². The van der Waals surface area contributed by atoms with Crippen molar-refractivity contribution in [2.45, 2.75) is 12.5 Å². The fourth-order valence-corrected chi connectivity index (χ4v) is 2.64. The molecule has 2 rings (SSSR count). The van der Waals surface area contributed by atoms with Gasteiger partial charge in [0.15, 0.2) is 0 Å². The first kappa shape index (κ1) is 18.0. The first-order valence-corrected chi connectivity index (χ1v) is 8.10. The maximum Gasteiger partial charge on any atom is 0.328 e. The van der Waals surface area contributed by atoms with Crippen LogP contribution >= 0.6 is 15.9 Å². The SMILES string of the molecule is COC(=O)[C@H](Cc1cccc(OC)c1)NC(=O)c1cccc(Br)c1. The molecule has 1 amide bonds. The van der Waals surface area contributed by atoms with Gasteiger partial charge in [-0.15, -0.1) is 0 Å². The van der Waals surface area contributed by atoms with Gasteiger partial charge in [-0.2, -0.15) is 0 Å². The lowest BCUT2D eigenvalue weighted by Crippen LogP contribution is -2.43. The van der Waals surface area contributed by atoms with E-state index in [1.165, 1.54) is 7.11 Å². The van der Waals surface area contributed by atoms with E-state index in [1.807, 2.05) is 30.3 Å². The smallest absolute Gasteiger partial charge is 0.328 e. The number of carbonyl (C=O) groups is 2. The van der Waals surface area contributed by atoms with Crippen LogP contribution in [0.25, 0.3) is 0 Å². The zero-order chi connectivity index (χ0) is 17.5. The first-order chi connectivity index (χ1) is 11.5. The van der Waals surface area contributed by atoms with Crippen LogP contribution in [-0.4, -0.2) is 32.1 Å². The normalized spacial score (nSPS) is 11.5. The van der Waals surface area contributed by atoms with Crippen molar-refractivity contribution in [3.8, 4) is 5.75 Å². The quantitative estimate of drug-likeness (QED) is 0.768. The van der Waals surface area contributed by atoms with Gasteiger partial charge in [0.05, 0.1) is 14.2 Å². The van der Waals surface area contributed by atoms with Gasteiger partial charge in [-0.05, 0) is 35.9 Å². The molecular formula is C18H18BrNO4. The predicted octanol–water partition coefficient (Wildman–Crippen LogP) is 2.97. The van der Waals surface area contributed by atoms with Crippen molar-refractivity contribution in [3.05, 3.63) is 64.1 Å². The molecule has 0 aromatic heterocycles. The van der Waals surface area contributed by atoms with Gasteiger partial charge in [0.25, 0.3) is 5.91 Å². The number of esters is 1. The molecular weight excluding hydrogens is 374 g/mol. The summed E-state index contributed by atoms with van der Waals surface area (Å²) in [5.74, 6) is -0.148. The summed E-state index contributed by atoms with van der Waals surface area (Å²) >= 11 is 3.32. The standard InChI is InChI=1S/C18H18BrNO4/c1-23-15-8-3-5-12(9-15)10-16(18(22)24-2)20-17(21)13-6-4-7-14(19)11-13/h3-9,11,16H,10H2,1-2H3,(H,20,21)/t16-/m0/s1.